The molecule has 25 heavy (non-hydrogen) atoms. The first-order chi connectivity index (χ1) is 12.1. The zero-order chi connectivity index (χ0) is 18.0. The number of benzene rings is 1. The highest BCUT2D eigenvalue weighted by atomic mass is 19.1. The molecule has 7 heteroatoms. The number of halogens is 1. The Morgan fingerprint density at radius 2 is 2.16 bits per heavy atom. The van der Waals surface area contributed by atoms with Crippen molar-refractivity contribution in [2.75, 3.05) is 13.7 Å². The van der Waals surface area contributed by atoms with Crippen molar-refractivity contribution < 1.29 is 18.7 Å². The Bertz CT molecular complexity index is 849. The van der Waals surface area contributed by atoms with Gasteiger partial charge in [0.1, 0.15) is 24.2 Å². The van der Waals surface area contributed by atoms with Gasteiger partial charge in [-0.05, 0) is 18.6 Å². The van der Waals surface area contributed by atoms with E-state index in [1.165, 1.54) is 7.11 Å². The molecule has 2 heterocycles. The molecule has 2 aromatic rings. The quantitative estimate of drug-likeness (QED) is 0.901. The second-order valence-electron chi connectivity index (χ2n) is 5.92. The number of nitrogens with one attached hydrogen (secondary N) is 1. The van der Waals surface area contributed by atoms with Crippen LogP contribution < -0.4 is 14.8 Å². The maximum absolute atomic E-state index is 13.9. The first-order valence-corrected chi connectivity index (χ1v) is 8.02. The number of hydrogen-bond donors (Lipinski definition) is 1. The van der Waals surface area contributed by atoms with E-state index in [0.29, 0.717) is 23.5 Å². The van der Waals surface area contributed by atoms with Crippen LogP contribution in [0.4, 0.5) is 4.39 Å². The molecule has 130 valence electrons. The third-order valence-corrected chi connectivity index (χ3v) is 4.52. The maximum Gasteiger partial charge on any atom is 0.255 e. The molecule has 0 spiro atoms. The summed E-state index contributed by atoms with van der Waals surface area (Å²) in [4.78, 5) is 15.7. The third kappa shape index (κ3) is 3.07. The second-order valence-corrected chi connectivity index (χ2v) is 5.92. The minimum Gasteiger partial charge on any atom is -0.495 e. The van der Waals surface area contributed by atoms with Gasteiger partial charge >= 0.3 is 0 Å². The Balaban J connectivity index is 1.87. The predicted octanol–water partition coefficient (Wildman–Crippen LogP) is 2.36. The van der Waals surface area contributed by atoms with E-state index in [4.69, 9.17) is 9.47 Å². The fraction of sp³-hybridized carbons (Fsp3) is 0.389. The summed E-state index contributed by atoms with van der Waals surface area (Å²) < 4.78 is 24.9. The van der Waals surface area contributed by atoms with Gasteiger partial charge in [-0.15, -0.1) is 0 Å². The maximum atomic E-state index is 13.9. The van der Waals surface area contributed by atoms with E-state index in [9.17, 15) is 14.4 Å². The number of amides is 1. The minimum absolute atomic E-state index is 0.147. The van der Waals surface area contributed by atoms with Crippen molar-refractivity contribution in [3.8, 4) is 17.6 Å². The van der Waals surface area contributed by atoms with E-state index in [-0.39, 0.29) is 12.6 Å². The van der Waals surface area contributed by atoms with Crippen molar-refractivity contribution in [3.63, 3.8) is 0 Å². The van der Waals surface area contributed by atoms with Gasteiger partial charge in [0.25, 0.3) is 5.91 Å². The van der Waals surface area contributed by atoms with Crippen LogP contribution in [-0.2, 0) is 4.79 Å². The van der Waals surface area contributed by atoms with Gasteiger partial charge in [-0.3, -0.25) is 9.78 Å². The van der Waals surface area contributed by atoms with Gasteiger partial charge in [-0.25, -0.2) is 4.39 Å². The molecule has 0 radical (unpaired) electrons. The lowest BCUT2D eigenvalue weighted by Gasteiger charge is -2.19. The summed E-state index contributed by atoms with van der Waals surface area (Å²) in [5.74, 6) is -0.0610. The smallest absolute Gasteiger partial charge is 0.255 e. The van der Waals surface area contributed by atoms with E-state index in [2.05, 4.69) is 16.4 Å². The Morgan fingerprint density at radius 1 is 1.36 bits per heavy atom. The first kappa shape index (κ1) is 17.0. The Morgan fingerprint density at radius 3 is 2.84 bits per heavy atom. The fourth-order valence-corrected chi connectivity index (χ4v) is 3.15. The monoisotopic (exact) mass is 343 g/mol. The predicted molar refractivity (Wildman–Crippen MR) is 89.1 cm³/mol. The average Bonchev–Trinajstić information content (AvgIpc) is 2.91. The number of aromatic nitrogens is 1. The molecule has 1 aromatic carbocycles. The third-order valence-electron chi connectivity index (χ3n) is 4.52. The zero-order valence-corrected chi connectivity index (χ0v) is 14.0. The van der Waals surface area contributed by atoms with Gasteiger partial charge in [0, 0.05) is 22.9 Å². The second kappa shape index (κ2) is 6.93. The van der Waals surface area contributed by atoms with Crippen molar-refractivity contribution in [2.45, 2.75) is 25.6 Å². The number of nitriles is 1. The van der Waals surface area contributed by atoms with Crippen molar-refractivity contribution in [3.05, 3.63) is 30.1 Å². The molecule has 1 N–H and O–H groups in total. The van der Waals surface area contributed by atoms with Gasteiger partial charge in [0.15, 0.2) is 6.17 Å². The minimum atomic E-state index is -1.50. The average molecular weight is 343 g/mol. The number of alkyl halides is 1. The zero-order valence-electron chi connectivity index (χ0n) is 14.0. The molecular formula is C18H18FN3O3. The summed E-state index contributed by atoms with van der Waals surface area (Å²) in [6.45, 7) is 1.99. The number of rotatable bonds is 5. The molecule has 1 fully saturated rings. The van der Waals surface area contributed by atoms with E-state index in [1.54, 1.807) is 24.5 Å². The molecule has 1 amide bonds. The summed E-state index contributed by atoms with van der Waals surface area (Å²) >= 11 is 0. The highest BCUT2D eigenvalue weighted by Crippen LogP contribution is 2.32. The van der Waals surface area contributed by atoms with Crippen LogP contribution in [0.5, 0.6) is 11.5 Å². The van der Waals surface area contributed by atoms with Crippen LogP contribution >= 0.6 is 0 Å². The lowest BCUT2D eigenvalue weighted by atomic mass is 9.97. The summed E-state index contributed by atoms with van der Waals surface area (Å²) in [5, 5.41) is 13.3. The molecule has 1 aliphatic rings. The van der Waals surface area contributed by atoms with Crippen LogP contribution in [-0.4, -0.2) is 36.8 Å². The SMILES string of the molecule is CC[C@H]1C(COc2cncc3cc(C#N)c(OC)cc23)NC(=O)C1F. The number of hydrogen-bond acceptors (Lipinski definition) is 5. The van der Waals surface area contributed by atoms with Gasteiger partial charge in [-0.1, -0.05) is 6.92 Å². The summed E-state index contributed by atoms with van der Waals surface area (Å²) in [6, 6.07) is 5.08. The van der Waals surface area contributed by atoms with Gasteiger partial charge < -0.3 is 14.8 Å². The van der Waals surface area contributed by atoms with Crippen molar-refractivity contribution in [1.29, 1.82) is 5.26 Å². The molecule has 3 rings (SSSR count). The Hall–Kier alpha value is -2.88. The first-order valence-electron chi connectivity index (χ1n) is 8.02. The van der Waals surface area contributed by atoms with Gasteiger partial charge in [-0.2, -0.15) is 5.26 Å². The van der Waals surface area contributed by atoms with Crippen molar-refractivity contribution in [2.24, 2.45) is 5.92 Å². The van der Waals surface area contributed by atoms with Crippen LogP contribution in [0.3, 0.4) is 0 Å². The molecule has 0 aliphatic carbocycles. The van der Waals surface area contributed by atoms with Gasteiger partial charge in [0.05, 0.1) is 24.9 Å². The molecule has 0 saturated carbocycles. The summed E-state index contributed by atoms with van der Waals surface area (Å²) in [7, 11) is 1.49. The van der Waals surface area contributed by atoms with Crippen molar-refractivity contribution >= 4 is 16.7 Å². The van der Waals surface area contributed by atoms with E-state index >= 15 is 0 Å². The Kier molecular flexibility index (Phi) is 4.70. The largest absolute Gasteiger partial charge is 0.495 e. The summed E-state index contributed by atoms with van der Waals surface area (Å²) in [6.07, 6.45) is 2.23. The standard InChI is InChI=1S/C18H18FN3O3/c1-3-12-14(22-18(23)17(12)19)9-25-16-8-21-7-11-4-10(6-20)15(24-2)5-13(11)16/h4-5,7-8,12,14,17H,3,9H2,1-2H3,(H,22,23)/t12-,14?,17?/m0/s1. The number of pyridine rings is 1. The molecule has 1 aliphatic heterocycles. The number of carbonyl (C=O) groups excluding carboxylic acids is 1. The number of methoxy groups -OCH3 is 1. The molecule has 1 saturated heterocycles. The van der Waals surface area contributed by atoms with Crippen LogP contribution in [0, 0.1) is 17.2 Å². The topological polar surface area (TPSA) is 84.2 Å². The fourth-order valence-electron chi connectivity index (χ4n) is 3.15. The molecule has 1 aromatic heterocycles. The number of ether oxygens (including phenoxy) is 2. The van der Waals surface area contributed by atoms with E-state index in [1.807, 2.05) is 6.92 Å². The molecule has 3 atom stereocenters. The lowest BCUT2D eigenvalue weighted by molar-refractivity contribution is -0.123. The van der Waals surface area contributed by atoms with E-state index in [0.717, 1.165) is 10.8 Å². The van der Waals surface area contributed by atoms with E-state index < -0.39 is 18.0 Å². The number of fused-ring (bicyclic) bond motifs is 1. The Labute approximate surface area is 144 Å². The van der Waals surface area contributed by atoms with Crippen LogP contribution in [0.25, 0.3) is 10.8 Å². The molecule has 2 unspecified atom stereocenters. The normalized spacial score (nSPS) is 22.5. The number of carbonyl (C=O) groups is 1. The van der Waals surface area contributed by atoms with Crippen LogP contribution in [0.2, 0.25) is 0 Å². The van der Waals surface area contributed by atoms with Crippen molar-refractivity contribution in [1.82, 2.24) is 10.3 Å². The highest BCUT2D eigenvalue weighted by Gasteiger charge is 2.41. The summed E-state index contributed by atoms with van der Waals surface area (Å²) in [5.41, 5.74) is 0.406. The van der Waals surface area contributed by atoms with Crippen LogP contribution in [0.1, 0.15) is 18.9 Å². The van der Waals surface area contributed by atoms with Gasteiger partial charge in [0.2, 0.25) is 0 Å². The molecule has 6 nitrogen and oxygen atoms in total. The molecular weight excluding hydrogens is 325 g/mol. The number of nitrogens with zero attached hydrogens (tertiary/aromatic N) is 2. The van der Waals surface area contributed by atoms with Crippen LogP contribution in [0.15, 0.2) is 24.5 Å². The lowest BCUT2D eigenvalue weighted by Crippen LogP contribution is -2.34. The highest BCUT2D eigenvalue weighted by molar-refractivity contribution is 5.90. The molecule has 0 bridgehead atoms.